The summed E-state index contributed by atoms with van der Waals surface area (Å²) in [6.07, 6.45) is 1.83. The van der Waals surface area contributed by atoms with E-state index in [0.29, 0.717) is 5.95 Å². The number of aromatic nitrogens is 3. The molecule has 0 bridgehead atoms. The number of pyridine rings is 1. The molecule has 21 heavy (non-hydrogen) atoms. The second-order valence-corrected chi connectivity index (χ2v) is 5.07. The van der Waals surface area contributed by atoms with Crippen LogP contribution in [0.5, 0.6) is 0 Å². The molecule has 0 saturated heterocycles. The zero-order chi connectivity index (χ0) is 14.8. The van der Waals surface area contributed by atoms with Gasteiger partial charge in [-0.2, -0.15) is 4.98 Å². The van der Waals surface area contributed by atoms with Crippen LogP contribution in [0.3, 0.4) is 0 Å². The van der Waals surface area contributed by atoms with Crippen molar-refractivity contribution in [3.05, 3.63) is 47.8 Å². The van der Waals surface area contributed by atoms with Crippen molar-refractivity contribution in [1.29, 1.82) is 0 Å². The average Bonchev–Trinajstić information content (AvgIpc) is 2.48. The minimum absolute atomic E-state index is 0.626. The first kappa shape index (κ1) is 13.5. The molecule has 2 aromatic heterocycles. The van der Waals surface area contributed by atoms with Crippen LogP contribution in [0.4, 0.5) is 5.95 Å². The smallest absolute Gasteiger partial charge is 0.224 e. The Labute approximate surface area is 124 Å². The van der Waals surface area contributed by atoms with Gasteiger partial charge in [0.2, 0.25) is 5.95 Å². The third-order valence-electron chi connectivity index (χ3n) is 3.53. The van der Waals surface area contributed by atoms with Crippen LogP contribution in [0.1, 0.15) is 18.2 Å². The summed E-state index contributed by atoms with van der Waals surface area (Å²) in [6.45, 7) is 6.96. The summed E-state index contributed by atoms with van der Waals surface area (Å²) in [5, 5.41) is 4.07. The fraction of sp³-hybridized carbons (Fsp3) is 0.235. The highest BCUT2D eigenvalue weighted by molar-refractivity contribution is 5.83. The molecule has 0 aliphatic carbocycles. The largest absolute Gasteiger partial charge is 0.354 e. The Bertz CT molecular complexity index is 796. The van der Waals surface area contributed by atoms with E-state index in [4.69, 9.17) is 0 Å². The molecule has 3 rings (SSSR count). The maximum absolute atomic E-state index is 4.64. The molecule has 0 aliphatic rings. The second-order valence-electron chi connectivity index (χ2n) is 5.07. The average molecular weight is 278 g/mol. The van der Waals surface area contributed by atoms with Gasteiger partial charge >= 0.3 is 0 Å². The van der Waals surface area contributed by atoms with E-state index in [-0.39, 0.29) is 0 Å². The van der Waals surface area contributed by atoms with E-state index in [1.165, 1.54) is 11.1 Å². The summed E-state index contributed by atoms with van der Waals surface area (Å²) < 4.78 is 0. The van der Waals surface area contributed by atoms with Gasteiger partial charge in [-0.3, -0.25) is 0 Å². The number of anilines is 1. The quantitative estimate of drug-likeness (QED) is 0.793. The number of nitrogens with zero attached hydrogens (tertiary/aromatic N) is 3. The van der Waals surface area contributed by atoms with Crippen molar-refractivity contribution in [2.45, 2.75) is 20.8 Å². The van der Waals surface area contributed by atoms with Crippen LogP contribution in [0.2, 0.25) is 0 Å². The third kappa shape index (κ3) is 2.57. The first-order valence-electron chi connectivity index (χ1n) is 7.13. The lowest BCUT2D eigenvalue weighted by molar-refractivity contribution is 1.09. The van der Waals surface area contributed by atoms with Crippen molar-refractivity contribution in [3.63, 3.8) is 0 Å². The van der Waals surface area contributed by atoms with Gasteiger partial charge in [0.25, 0.3) is 0 Å². The standard InChI is InChI=1S/C17H18N4/c1-4-18-17-19-10-13-9-15(12(3)20-16(13)21-17)14-8-6-5-7-11(14)2/h5-10H,4H2,1-3H3,(H,18,19,20,21). The van der Waals surface area contributed by atoms with E-state index < -0.39 is 0 Å². The molecule has 0 spiro atoms. The molecule has 1 aromatic carbocycles. The number of aryl methyl sites for hydroxylation is 2. The number of hydrogen-bond donors (Lipinski definition) is 1. The van der Waals surface area contributed by atoms with E-state index >= 15 is 0 Å². The Morgan fingerprint density at radius 2 is 1.86 bits per heavy atom. The normalized spacial score (nSPS) is 10.8. The predicted octanol–water partition coefficient (Wildman–Crippen LogP) is 3.74. The van der Waals surface area contributed by atoms with Crippen LogP contribution in [-0.4, -0.2) is 21.5 Å². The van der Waals surface area contributed by atoms with E-state index in [9.17, 15) is 0 Å². The summed E-state index contributed by atoms with van der Waals surface area (Å²) in [6, 6.07) is 10.5. The molecule has 0 saturated carbocycles. The molecule has 3 aromatic rings. The highest BCUT2D eigenvalue weighted by Crippen LogP contribution is 2.28. The fourth-order valence-electron chi connectivity index (χ4n) is 2.44. The van der Waals surface area contributed by atoms with Crippen molar-refractivity contribution in [2.24, 2.45) is 0 Å². The van der Waals surface area contributed by atoms with Crippen LogP contribution < -0.4 is 5.32 Å². The number of fused-ring (bicyclic) bond motifs is 1. The minimum atomic E-state index is 0.626. The van der Waals surface area contributed by atoms with Crippen molar-refractivity contribution >= 4 is 17.0 Å². The van der Waals surface area contributed by atoms with Gasteiger partial charge in [-0.1, -0.05) is 24.3 Å². The Balaban J connectivity index is 2.16. The zero-order valence-electron chi connectivity index (χ0n) is 12.5. The SMILES string of the molecule is CCNc1ncc2cc(-c3ccccc3C)c(C)nc2n1. The molecule has 4 nitrogen and oxygen atoms in total. The van der Waals surface area contributed by atoms with Crippen LogP contribution in [-0.2, 0) is 0 Å². The molecule has 0 atom stereocenters. The summed E-state index contributed by atoms with van der Waals surface area (Å²) in [5.41, 5.74) is 5.31. The maximum atomic E-state index is 4.64. The van der Waals surface area contributed by atoms with E-state index in [2.05, 4.69) is 57.5 Å². The second kappa shape index (κ2) is 5.48. The van der Waals surface area contributed by atoms with Crippen LogP contribution in [0, 0.1) is 13.8 Å². The zero-order valence-corrected chi connectivity index (χ0v) is 12.5. The van der Waals surface area contributed by atoms with E-state index in [1.807, 2.05) is 20.0 Å². The number of benzene rings is 1. The van der Waals surface area contributed by atoms with Crippen molar-refractivity contribution in [3.8, 4) is 11.1 Å². The maximum Gasteiger partial charge on any atom is 0.224 e. The summed E-state index contributed by atoms with van der Waals surface area (Å²) in [4.78, 5) is 13.4. The van der Waals surface area contributed by atoms with E-state index in [1.54, 1.807) is 0 Å². The molecule has 0 unspecified atom stereocenters. The van der Waals surface area contributed by atoms with Crippen molar-refractivity contribution < 1.29 is 0 Å². The van der Waals surface area contributed by atoms with Gasteiger partial charge in [0, 0.05) is 29.4 Å². The highest BCUT2D eigenvalue weighted by Gasteiger charge is 2.09. The monoisotopic (exact) mass is 278 g/mol. The molecule has 106 valence electrons. The molecule has 0 radical (unpaired) electrons. The Hall–Kier alpha value is -2.49. The predicted molar refractivity (Wildman–Crippen MR) is 86.4 cm³/mol. The Morgan fingerprint density at radius 3 is 2.62 bits per heavy atom. The van der Waals surface area contributed by atoms with Crippen LogP contribution in [0.25, 0.3) is 22.2 Å². The Morgan fingerprint density at radius 1 is 1.05 bits per heavy atom. The van der Waals surface area contributed by atoms with Gasteiger partial charge < -0.3 is 5.32 Å². The summed E-state index contributed by atoms with van der Waals surface area (Å²) in [5.74, 6) is 0.626. The first-order chi connectivity index (χ1) is 10.2. The van der Waals surface area contributed by atoms with Crippen LogP contribution >= 0.6 is 0 Å². The van der Waals surface area contributed by atoms with E-state index in [0.717, 1.165) is 28.8 Å². The van der Waals surface area contributed by atoms with Gasteiger partial charge in [-0.15, -0.1) is 0 Å². The number of rotatable bonds is 3. The third-order valence-corrected chi connectivity index (χ3v) is 3.53. The fourth-order valence-corrected chi connectivity index (χ4v) is 2.44. The van der Waals surface area contributed by atoms with Gasteiger partial charge in [-0.05, 0) is 38.0 Å². The minimum Gasteiger partial charge on any atom is -0.354 e. The van der Waals surface area contributed by atoms with Gasteiger partial charge in [0.15, 0.2) is 5.65 Å². The van der Waals surface area contributed by atoms with Crippen LogP contribution in [0.15, 0.2) is 36.5 Å². The van der Waals surface area contributed by atoms with Gasteiger partial charge in [0.05, 0.1) is 0 Å². The Kier molecular flexibility index (Phi) is 3.52. The van der Waals surface area contributed by atoms with Crippen molar-refractivity contribution in [2.75, 3.05) is 11.9 Å². The molecule has 2 heterocycles. The van der Waals surface area contributed by atoms with Crippen molar-refractivity contribution in [1.82, 2.24) is 15.0 Å². The van der Waals surface area contributed by atoms with Gasteiger partial charge in [-0.25, -0.2) is 9.97 Å². The summed E-state index contributed by atoms with van der Waals surface area (Å²) in [7, 11) is 0. The highest BCUT2D eigenvalue weighted by atomic mass is 15.1. The molecule has 1 N–H and O–H groups in total. The molecule has 0 amide bonds. The molecule has 0 fully saturated rings. The summed E-state index contributed by atoms with van der Waals surface area (Å²) >= 11 is 0. The molecule has 0 aliphatic heterocycles. The molecule has 4 heteroatoms. The number of hydrogen-bond acceptors (Lipinski definition) is 4. The lowest BCUT2D eigenvalue weighted by atomic mass is 9.99. The molecular formula is C17H18N4. The first-order valence-corrected chi connectivity index (χ1v) is 7.13. The lowest BCUT2D eigenvalue weighted by Crippen LogP contribution is -2.03. The topological polar surface area (TPSA) is 50.7 Å². The number of nitrogens with one attached hydrogen (secondary N) is 1. The lowest BCUT2D eigenvalue weighted by Gasteiger charge is -2.10. The van der Waals surface area contributed by atoms with Gasteiger partial charge in [0.1, 0.15) is 0 Å². The molecular weight excluding hydrogens is 260 g/mol.